The molecule has 0 unspecified atom stereocenters. The predicted molar refractivity (Wildman–Crippen MR) is 87.1 cm³/mol. The molecule has 0 fully saturated rings. The van der Waals surface area contributed by atoms with E-state index in [4.69, 9.17) is 9.47 Å². The lowest BCUT2D eigenvalue weighted by molar-refractivity contribution is 0.0950. The molecule has 0 saturated heterocycles. The van der Waals surface area contributed by atoms with Gasteiger partial charge in [-0.2, -0.15) is 0 Å². The van der Waals surface area contributed by atoms with E-state index >= 15 is 0 Å². The van der Waals surface area contributed by atoms with E-state index in [9.17, 15) is 9.18 Å². The van der Waals surface area contributed by atoms with Crippen molar-refractivity contribution < 1.29 is 18.7 Å². The zero-order chi connectivity index (χ0) is 17.2. The summed E-state index contributed by atoms with van der Waals surface area (Å²) in [6, 6.07) is 11.1. The van der Waals surface area contributed by atoms with Gasteiger partial charge in [0.25, 0.3) is 11.9 Å². The van der Waals surface area contributed by atoms with Crippen LogP contribution in [0.5, 0.6) is 0 Å². The molecular formula is C17H18FN3O3. The number of amides is 1. The highest BCUT2D eigenvalue weighted by Gasteiger charge is 2.14. The Morgan fingerprint density at radius 1 is 1.21 bits per heavy atom. The van der Waals surface area contributed by atoms with Gasteiger partial charge < -0.3 is 9.47 Å². The van der Waals surface area contributed by atoms with Crippen molar-refractivity contribution in [3.05, 3.63) is 65.7 Å². The minimum Gasteiger partial charge on any atom is -0.463 e. The van der Waals surface area contributed by atoms with Crippen molar-refractivity contribution in [2.75, 3.05) is 20.3 Å². The fraction of sp³-hybridized carbons (Fsp3) is 0.235. The average Bonchev–Trinajstić information content (AvgIpc) is 2.61. The molecule has 0 atom stereocenters. The third-order valence-corrected chi connectivity index (χ3v) is 2.98. The highest BCUT2D eigenvalue weighted by Crippen LogP contribution is 2.06. The summed E-state index contributed by atoms with van der Waals surface area (Å²) in [4.78, 5) is 20.5. The summed E-state index contributed by atoms with van der Waals surface area (Å²) >= 11 is 0. The molecule has 24 heavy (non-hydrogen) atoms. The number of carbonyl (C=O) groups excluding carboxylic acids is 1. The van der Waals surface area contributed by atoms with Crippen LogP contribution in [0.25, 0.3) is 0 Å². The number of amidine groups is 1. The number of ether oxygens (including phenoxy) is 2. The number of nitrogens with zero attached hydrogens (tertiary/aromatic N) is 2. The molecule has 7 heteroatoms. The lowest BCUT2D eigenvalue weighted by atomic mass is 10.2. The van der Waals surface area contributed by atoms with Crippen LogP contribution in [0.3, 0.4) is 0 Å². The smallest absolute Gasteiger partial charge is 0.292 e. The minimum absolute atomic E-state index is 0.00837. The van der Waals surface area contributed by atoms with Gasteiger partial charge in [0.1, 0.15) is 12.4 Å². The molecule has 1 aromatic heterocycles. The molecule has 0 aliphatic heterocycles. The van der Waals surface area contributed by atoms with Gasteiger partial charge in [0.05, 0.1) is 24.4 Å². The maximum Gasteiger partial charge on any atom is 0.292 e. The Morgan fingerprint density at radius 3 is 2.71 bits per heavy atom. The van der Waals surface area contributed by atoms with Crippen LogP contribution in [-0.2, 0) is 16.0 Å². The number of methoxy groups -OCH3 is 1. The van der Waals surface area contributed by atoms with Gasteiger partial charge in [-0.25, -0.2) is 9.38 Å². The van der Waals surface area contributed by atoms with Gasteiger partial charge >= 0.3 is 0 Å². The van der Waals surface area contributed by atoms with Crippen LogP contribution >= 0.6 is 0 Å². The van der Waals surface area contributed by atoms with Crippen molar-refractivity contribution in [3.63, 3.8) is 0 Å². The van der Waals surface area contributed by atoms with Crippen LogP contribution in [0.1, 0.15) is 16.1 Å². The monoisotopic (exact) mass is 331 g/mol. The Labute approximate surface area is 139 Å². The standard InChI is InChI=1S/C17H18FN3O3/c1-23-10-11-24-17(20-12-13-6-4-5-9-19-13)21-16(22)14-7-2-3-8-15(14)18/h2-9H,10-12H2,1H3,(H,20,21,22). The quantitative estimate of drug-likeness (QED) is 0.500. The van der Waals surface area contributed by atoms with E-state index in [1.807, 2.05) is 6.07 Å². The molecular weight excluding hydrogens is 313 g/mol. The number of nitrogens with one attached hydrogen (secondary N) is 1. The van der Waals surface area contributed by atoms with Crippen LogP contribution in [-0.4, -0.2) is 37.2 Å². The number of hydrogen-bond acceptors (Lipinski definition) is 5. The highest BCUT2D eigenvalue weighted by molar-refractivity contribution is 6.04. The van der Waals surface area contributed by atoms with E-state index in [0.717, 1.165) is 0 Å². The lowest BCUT2D eigenvalue weighted by Gasteiger charge is -2.11. The number of carbonyl (C=O) groups is 1. The Balaban J connectivity index is 2.07. The summed E-state index contributed by atoms with van der Waals surface area (Å²) in [5.41, 5.74) is 0.629. The van der Waals surface area contributed by atoms with E-state index in [1.165, 1.54) is 25.3 Å². The molecule has 126 valence electrons. The van der Waals surface area contributed by atoms with Crippen LogP contribution in [0.2, 0.25) is 0 Å². The predicted octanol–water partition coefficient (Wildman–Crippen LogP) is 2.17. The Bertz CT molecular complexity index is 692. The number of aromatic nitrogens is 1. The van der Waals surface area contributed by atoms with Gasteiger partial charge in [-0.05, 0) is 24.3 Å². The van der Waals surface area contributed by atoms with Crippen LogP contribution in [0, 0.1) is 5.82 Å². The second-order valence-electron chi connectivity index (χ2n) is 4.72. The summed E-state index contributed by atoms with van der Waals surface area (Å²) in [6.07, 6.45) is 1.65. The van der Waals surface area contributed by atoms with Gasteiger partial charge in [0.15, 0.2) is 0 Å². The highest BCUT2D eigenvalue weighted by atomic mass is 19.1. The second-order valence-corrected chi connectivity index (χ2v) is 4.72. The van der Waals surface area contributed by atoms with Crippen molar-refractivity contribution in [1.29, 1.82) is 0 Å². The van der Waals surface area contributed by atoms with E-state index in [1.54, 1.807) is 24.4 Å². The fourth-order valence-electron chi connectivity index (χ4n) is 1.80. The maximum atomic E-state index is 13.7. The Kier molecular flexibility index (Phi) is 6.85. The first-order chi connectivity index (χ1) is 11.7. The van der Waals surface area contributed by atoms with Gasteiger partial charge in [0.2, 0.25) is 0 Å². The number of halogens is 1. The van der Waals surface area contributed by atoms with E-state index in [0.29, 0.717) is 12.3 Å². The molecule has 0 bridgehead atoms. The molecule has 0 spiro atoms. The third kappa shape index (κ3) is 5.44. The molecule has 1 N–H and O–H groups in total. The first kappa shape index (κ1) is 17.6. The molecule has 2 aromatic rings. The number of rotatable bonds is 6. The number of aliphatic imine (C=N–C) groups is 1. The van der Waals surface area contributed by atoms with Crippen LogP contribution < -0.4 is 5.32 Å². The second kappa shape index (κ2) is 9.36. The molecule has 2 rings (SSSR count). The van der Waals surface area contributed by atoms with E-state index in [2.05, 4.69) is 15.3 Å². The lowest BCUT2D eigenvalue weighted by Crippen LogP contribution is -2.34. The zero-order valence-electron chi connectivity index (χ0n) is 13.2. The summed E-state index contributed by atoms with van der Waals surface area (Å²) in [7, 11) is 1.53. The van der Waals surface area contributed by atoms with E-state index in [-0.39, 0.29) is 24.7 Å². The summed E-state index contributed by atoms with van der Waals surface area (Å²) < 4.78 is 24.0. The molecule has 1 heterocycles. The van der Waals surface area contributed by atoms with Crippen LogP contribution in [0.4, 0.5) is 4.39 Å². The number of benzene rings is 1. The molecule has 0 aliphatic carbocycles. The normalized spacial score (nSPS) is 11.2. The number of hydrogen-bond donors (Lipinski definition) is 1. The first-order valence-electron chi connectivity index (χ1n) is 7.32. The largest absolute Gasteiger partial charge is 0.463 e. The summed E-state index contributed by atoms with van der Waals surface area (Å²) in [5.74, 6) is -1.25. The molecule has 0 aliphatic rings. The summed E-state index contributed by atoms with van der Waals surface area (Å²) in [5, 5.41) is 2.47. The van der Waals surface area contributed by atoms with Gasteiger partial charge in [-0.1, -0.05) is 18.2 Å². The minimum atomic E-state index is -0.634. The molecule has 1 aromatic carbocycles. The van der Waals surface area contributed by atoms with Gasteiger partial charge in [0, 0.05) is 13.3 Å². The van der Waals surface area contributed by atoms with Gasteiger partial charge in [-0.3, -0.25) is 15.1 Å². The third-order valence-electron chi connectivity index (χ3n) is 2.98. The van der Waals surface area contributed by atoms with Crippen molar-refractivity contribution in [1.82, 2.24) is 10.3 Å². The summed E-state index contributed by atoms with van der Waals surface area (Å²) in [6.45, 7) is 0.758. The maximum absolute atomic E-state index is 13.7. The van der Waals surface area contributed by atoms with Gasteiger partial charge in [-0.15, -0.1) is 0 Å². The Hall–Kier alpha value is -2.80. The van der Waals surface area contributed by atoms with E-state index < -0.39 is 11.7 Å². The van der Waals surface area contributed by atoms with Crippen molar-refractivity contribution in [3.8, 4) is 0 Å². The molecule has 0 saturated carbocycles. The zero-order valence-corrected chi connectivity index (χ0v) is 13.2. The van der Waals surface area contributed by atoms with Crippen molar-refractivity contribution >= 4 is 11.9 Å². The first-order valence-corrected chi connectivity index (χ1v) is 7.32. The molecule has 1 amide bonds. The topological polar surface area (TPSA) is 72.8 Å². The Morgan fingerprint density at radius 2 is 2.00 bits per heavy atom. The average molecular weight is 331 g/mol. The molecule has 0 radical (unpaired) electrons. The SMILES string of the molecule is COCCOC(=NCc1ccccn1)NC(=O)c1ccccc1F. The molecule has 6 nitrogen and oxygen atoms in total. The van der Waals surface area contributed by atoms with Crippen molar-refractivity contribution in [2.24, 2.45) is 4.99 Å². The van der Waals surface area contributed by atoms with Crippen LogP contribution in [0.15, 0.2) is 53.7 Å². The van der Waals surface area contributed by atoms with Crippen molar-refractivity contribution in [2.45, 2.75) is 6.54 Å². The fourth-order valence-corrected chi connectivity index (χ4v) is 1.80. The number of pyridine rings is 1.